The molecule has 1 aromatic rings. The molecule has 1 aliphatic heterocycles. The van der Waals surface area contributed by atoms with E-state index in [9.17, 15) is 9.90 Å². The van der Waals surface area contributed by atoms with Crippen molar-refractivity contribution in [3.8, 4) is 0 Å². The summed E-state index contributed by atoms with van der Waals surface area (Å²) in [6.07, 6.45) is 3.16. The fraction of sp³-hybridized carbons (Fsp3) is 0.583. The van der Waals surface area contributed by atoms with Gasteiger partial charge in [0.15, 0.2) is 0 Å². The van der Waals surface area contributed by atoms with Crippen molar-refractivity contribution in [2.24, 2.45) is 5.41 Å². The van der Waals surface area contributed by atoms with Crippen molar-refractivity contribution >= 4 is 17.3 Å². The van der Waals surface area contributed by atoms with Gasteiger partial charge >= 0.3 is 5.97 Å². The summed E-state index contributed by atoms with van der Waals surface area (Å²) in [6.45, 7) is 1.66. The van der Waals surface area contributed by atoms with E-state index in [4.69, 9.17) is 0 Å². The van der Waals surface area contributed by atoms with Crippen molar-refractivity contribution in [1.82, 2.24) is 5.32 Å². The molecule has 88 valence electrons. The second-order valence-electron chi connectivity index (χ2n) is 4.47. The molecule has 2 heterocycles. The van der Waals surface area contributed by atoms with Gasteiger partial charge in [-0.3, -0.25) is 4.79 Å². The van der Waals surface area contributed by atoms with Crippen LogP contribution in [0.25, 0.3) is 0 Å². The Balaban J connectivity index is 2.00. The minimum absolute atomic E-state index is 0.493. The number of carboxylic acids is 1. The number of carbonyl (C=O) groups is 1. The SMILES string of the molecule is O=C(O)C1(CCc2ccsc2)CCNCC1. The molecule has 16 heavy (non-hydrogen) atoms. The lowest BCUT2D eigenvalue weighted by Crippen LogP contribution is -2.42. The summed E-state index contributed by atoms with van der Waals surface area (Å²) in [5.74, 6) is -0.621. The highest BCUT2D eigenvalue weighted by molar-refractivity contribution is 7.07. The molecule has 0 bridgehead atoms. The number of hydrogen-bond donors (Lipinski definition) is 2. The van der Waals surface area contributed by atoms with Crippen molar-refractivity contribution in [3.05, 3.63) is 22.4 Å². The molecule has 1 saturated heterocycles. The Kier molecular flexibility index (Phi) is 3.61. The third kappa shape index (κ3) is 2.44. The summed E-state index contributed by atoms with van der Waals surface area (Å²) >= 11 is 1.67. The lowest BCUT2D eigenvalue weighted by atomic mass is 9.75. The molecule has 0 saturated carbocycles. The summed E-state index contributed by atoms with van der Waals surface area (Å²) in [6, 6.07) is 2.08. The fourth-order valence-corrected chi connectivity index (χ4v) is 3.00. The molecule has 3 nitrogen and oxygen atoms in total. The van der Waals surface area contributed by atoms with Gasteiger partial charge in [0, 0.05) is 0 Å². The summed E-state index contributed by atoms with van der Waals surface area (Å²) in [5, 5.41) is 16.8. The van der Waals surface area contributed by atoms with Gasteiger partial charge in [-0.1, -0.05) is 0 Å². The van der Waals surface area contributed by atoms with Crippen LogP contribution in [0.2, 0.25) is 0 Å². The van der Waals surface area contributed by atoms with Gasteiger partial charge in [-0.05, 0) is 61.2 Å². The maximum absolute atomic E-state index is 11.4. The Morgan fingerprint density at radius 1 is 1.50 bits per heavy atom. The van der Waals surface area contributed by atoms with Crippen LogP contribution in [0, 0.1) is 5.41 Å². The Morgan fingerprint density at radius 2 is 2.25 bits per heavy atom. The predicted octanol–water partition coefficient (Wildman–Crippen LogP) is 2.14. The van der Waals surface area contributed by atoms with E-state index in [0.29, 0.717) is 0 Å². The van der Waals surface area contributed by atoms with Gasteiger partial charge < -0.3 is 10.4 Å². The molecule has 4 heteroatoms. The van der Waals surface area contributed by atoms with E-state index >= 15 is 0 Å². The van der Waals surface area contributed by atoms with Crippen molar-refractivity contribution in [2.45, 2.75) is 25.7 Å². The number of nitrogens with one attached hydrogen (secondary N) is 1. The van der Waals surface area contributed by atoms with Gasteiger partial charge in [0.25, 0.3) is 0 Å². The van der Waals surface area contributed by atoms with Gasteiger partial charge in [-0.25, -0.2) is 0 Å². The van der Waals surface area contributed by atoms with E-state index < -0.39 is 11.4 Å². The molecule has 0 amide bonds. The standard InChI is InChI=1S/C12H17NO2S/c14-11(15)12(4-6-13-7-5-12)3-1-10-2-8-16-9-10/h2,8-9,13H,1,3-7H2,(H,14,15). The van der Waals surface area contributed by atoms with Gasteiger partial charge in [-0.15, -0.1) is 0 Å². The van der Waals surface area contributed by atoms with Crippen LogP contribution in [-0.2, 0) is 11.2 Å². The Morgan fingerprint density at radius 3 is 2.81 bits per heavy atom. The molecule has 0 spiro atoms. The summed E-state index contributed by atoms with van der Waals surface area (Å²) in [4.78, 5) is 11.4. The summed E-state index contributed by atoms with van der Waals surface area (Å²) in [7, 11) is 0. The highest BCUT2D eigenvalue weighted by Gasteiger charge is 2.38. The van der Waals surface area contributed by atoms with E-state index in [1.54, 1.807) is 11.3 Å². The smallest absolute Gasteiger partial charge is 0.309 e. The number of aryl methyl sites for hydroxylation is 1. The second kappa shape index (κ2) is 4.97. The first-order valence-corrected chi connectivity index (χ1v) is 6.62. The lowest BCUT2D eigenvalue weighted by Gasteiger charge is -2.33. The highest BCUT2D eigenvalue weighted by atomic mass is 32.1. The van der Waals surface area contributed by atoms with Crippen LogP contribution in [0.5, 0.6) is 0 Å². The number of rotatable bonds is 4. The average molecular weight is 239 g/mol. The molecule has 1 aliphatic rings. The molecule has 0 atom stereocenters. The molecule has 2 N–H and O–H groups in total. The monoisotopic (exact) mass is 239 g/mol. The zero-order valence-electron chi connectivity index (χ0n) is 9.24. The molecule has 1 aromatic heterocycles. The third-order valence-electron chi connectivity index (χ3n) is 3.49. The maximum Gasteiger partial charge on any atom is 0.309 e. The first-order chi connectivity index (χ1) is 7.73. The zero-order valence-corrected chi connectivity index (χ0v) is 10.1. The topological polar surface area (TPSA) is 49.3 Å². The minimum Gasteiger partial charge on any atom is -0.481 e. The van der Waals surface area contributed by atoms with Crippen molar-refractivity contribution in [1.29, 1.82) is 0 Å². The molecule has 0 radical (unpaired) electrons. The zero-order chi connectivity index (χ0) is 11.4. The molecule has 0 unspecified atom stereocenters. The van der Waals surface area contributed by atoms with Crippen molar-refractivity contribution < 1.29 is 9.90 Å². The van der Waals surface area contributed by atoms with E-state index in [-0.39, 0.29) is 0 Å². The van der Waals surface area contributed by atoms with E-state index in [0.717, 1.165) is 38.8 Å². The van der Waals surface area contributed by atoms with Crippen LogP contribution in [0.15, 0.2) is 16.8 Å². The summed E-state index contributed by atoms with van der Waals surface area (Å²) in [5.41, 5.74) is 0.775. The minimum atomic E-state index is -0.621. The van der Waals surface area contributed by atoms with Crippen LogP contribution >= 0.6 is 11.3 Å². The number of aliphatic carboxylic acids is 1. The maximum atomic E-state index is 11.4. The molecular weight excluding hydrogens is 222 g/mol. The third-order valence-corrected chi connectivity index (χ3v) is 4.22. The number of piperidine rings is 1. The predicted molar refractivity (Wildman–Crippen MR) is 64.8 cm³/mol. The van der Waals surface area contributed by atoms with E-state index in [2.05, 4.69) is 16.8 Å². The molecule has 0 aliphatic carbocycles. The average Bonchev–Trinajstić information content (AvgIpc) is 2.80. The molecule has 0 aromatic carbocycles. The molecule has 2 rings (SSSR count). The number of thiophene rings is 1. The quantitative estimate of drug-likeness (QED) is 0.846. The Labute approximate surface area is 99.5 Å². The number of hydrogen-bond acceptors (Lipinski definition) is 3. The highest BCUT2D eigenvalue weighted by Crippen LogP contribution is 2.34. The van der Waals surface area contributed by atoms with Crippen LogP contribution < -0.4 is 5.32 Å². The van der Waals surface area contributed by atoms with Gasteiger partial charge in [-0.2, -0.15) is 11.3 Å². The Hall–Kier alpha value is -0.870. The molecule has 1 fully saturated rings. The fourth-order valence-electron chi connectivity index (χ4n) is 2.29. The van der Waals surface area contributed by atoms with Crippen molar-refractivity contribution in [2.75, 3.05) is 13.1 Å². The van der Waals surface area contributed by atoms with Crippen LogP contribution in [0.4, 0.5) is 0 Å². The first-order valence-electron chi connectivity index (χ1n) is 5.68. The van der Waals surface area contributed by atoms with Gasteiger partial charge in [0.05, 0.1) is 5.41 Å². The number of carboxylic acid groups (broad SMARTS) is 1. The van der Waals surface area contributed by atoms with E-state index in [1.165, 1.54) is 5.56 Å². The first kappa shape index (κ1) is 11.6. The summed E-state index contributed by atoms with van der Waals surface area (Å²) < 4.78 is 0. The van der Waals surface area contributed by atoms with Crippen LogP contribution in [0.1, 0.15) is 24.8 Å². The second-order valence-corrected chi connectivity index (χ2v) is 5.25. The van der Waals surface area contributed by atoms with Crippen LogP contribution in [-0.4, -0.2) is 24.2 Å². The van der Waals surface area contributed by atoms with E-state index in [1.807, 2.05) is 5.38 Å². The van der Waals surface area contributed by atoms with Crippen molar-refractivity contribution in [3.63, 3.8) is 0 Å². The van der Waals surface area contributed by atoms with Gasteiger partial charge in [0.2, 0.25) is 0 Å². The van der Waals surface area contributed by atoms with Crippen LogP contribution in [0.3, 0.4) is 0 Å². The normalized spacial score (nSPS) is 19.5. The largest absolute Gasteiger partial charge is 0.481 e. The Bertz CT molecular complexity index is 342. The van der Waals surface area contributed by atoms with Gasteiger partial charge in [0.1, 0.15) is 0 Å². The lowest BCUT2D eigenvalue weighted by molar-refractivity contribution is -0.151. The molecular formula is C12H17NO2S.